The first-order valence-corrected chi connectivity index (χ1v) is 13.8. The third-order valence-corrected chi connectivity index (χ3v) is 7.39. The van der Waals surface area contributed by atoms with Crippen LogP contribution in [0.2, 0.25) is 0 Å². The number of aryl methyl sites for hydroxylation is 1. The Morgan fingerprint density at radius 2 is 1.10 bits per heavy atom. The molecule has 204 valence electrons. The van der Waals surface area contributed by atoms with Crippen molar-refractivity contribution in [3.8, 4) is 33.8 Å². The van der Waals surface area contributed by atoms with Crippen LogP contribution in [-0.4, -0.2) is 9.38 Å². The lowest BCUT2D eigenvalue weighted by atomic mass is 10.0. The van der Waals surface area contributed by atoms with Gasteiger partial charge in [-0.1, -0.05) is 78.9 Å². The van der Waals surface area contributed by atoms with Crippen molar-refractivity contribution in [1.82, 2.24) is 9.38 Å². The van der Waals surface area contributed by atoms with Crippen molar-refractivity contribution >= 4 is 22.6 Å². The van der Waals surface area contributed by atoms with Gasteiger partial charge in [-0.2, -0.15) is 0 Å². The smallest absolute Gasteiger partial charge is 0.178 e. The number of halogens is 1. The summed E-state index contributed by atoms with van der Waals surface area (Å²) in [5.41, 5.74) is 9.98. The van der Waals surface area contributed by atoms with E-state index >= 15 is 0 Å². The highest BCUT2D eigenvalue weighted by Crippen LogP contribution is 2.36. The van der Waals surface area contributed by atoms with E-state index in [1.54, 1.807) is 0 Å². The lowest BCUT2D eigenvalue weighted by molar-refractivity contribution is -0.671. The van der Waals surface area contributed by atoms with E-state index in [4.69, 9.17) is 4.98 Å². The van der Waals surface area contributed by atoms with Crippen molar-refractivity contribution in [3.05, 3.63) is 158 Å². The molecule has 4 aromatic carbocycles. The van der Waals surface area contributed by atoms with Crippen LogP contribution < -0.4 is 33.4 Å². The molecular weight excluding hydrogens is 627 g/mol. The van der Waals surface area contributed by atoms with Crippen LogP contribution in [0.5, 0.6) is 0 Å². The third kappa shape index (κ3) is 5.31. The molecule has 0 aliphatic carbocycles. The fraction of sp³-hybridized carbons (Fsp3) is 0.0270. The summed E-state index contributed by atoms with van der Waals surface area (Å²) in [4.78, 5) is 7.38. The fourth-order valence-corrected chi connectivity index (χ4v) is 5.40. The number of hydrogen-bond donors (Lipinski definition) is 0. The van der Waals surface area contributed by atoms with Crippen LogP contribution in [0, 0.1) is 0 Å². The van der Waals surface area contributed by atoms with Crippen molar-refractivity contribution in [2.75, 3.05) is 4.90 Å². The van der Waals surface area contributed by atoms with Gasteiger partial charge in [0.25, 0.3) is 0 Å². The first-order chi connectivity index (χ1) is 20.2. The number of rotatable bonds is 6. The zero-order valence-electron chi connectivity index (χ0n) is 23.2. The van der Waals surface area contributed by atoms with E-state index < -0.39 is 0 Å². The van der Waals surface area contributed by atoms with E-state index in [1.165, 1.54) is 11.1 Å². The molecule has 0 radical (unpaired) electrons. The molecule has 0 amide bonds. The van der Waals surface area contributed by atoms with E-state index in [1.807, 2.05) is 25.4 Å². The SMILES string of the molecule is C[n+]1cccc(-c2nc(-c3ccc(-c4ccc(N(c5ccccc5)c5ccccc5)cc4)cc3)n3ccccc23)c1.[I-]. The Morgan fingerprint density at radius 1 is 0.548 bits per heavy atom. The standard InChI is InChI=1S/C37H29N4.HI/c1-39-25-10-11-31(27-39)36-35-16-8-9-26-40(35)37(38-36)30-19-17-28(18-20-30)29-21-23-34(24-22-29)41(32-12-4-2-5-13-32)33-14-6-3-7-15-33;/h2-27H,1H3;1H/q+1;/p-1. The Hall–Kier alpha value is -4.75. The first kappa shape index (κ1) is 27.4. The first-order valence-electron chi connectivity index (χ1n) is 13.8. The van der Waals surface area contributed by atoms with Crippen molar-refractivity contribution < 1.29 is 28.5 Å². The molecule has 3 heterocycles. The average molecular weight is 657 g/mol. The molecule has 0 aliphatic rings. The highest BCUT2D eigenvalue weighted by atomic mass is 127. The summed E-state index contributed by atoms with van der Waals surface area (Å²) in [7, 11) is 2.04. The van der Waals surface area contributed by atoms with Gasteiger partial charge in [0.15, 0.2) is 12.4 Å². The maximum absolute atomic E-state index is 5.11. The van der Waals surface area contributed by atoms with Gasteiger partial charge in [-0.3, -0.25) is 4.40 Å². The summed E-state index contributed by atoms with van der Waals surface area (Å²) in [5, 5.41) is 0. The molecular formula is C37H29IN4. The second kappa shape index (κ2) is 12.0. The fourth-order valence-electron chi connectivity index (χ4n) is 5.40. The van der Waals surface area contributed by atoms with Crippen LogP contribution in [0.4, 0.5) is 17.1 Å². The third-order valence-electron chi connectivity index (χ3n) is 7.39. The number of para-hydroxylation sites is 2. The summed E-state index contributed by atoms with van der Waals surface area (Å²) in [5.74, 6) is 0.936. The van der Waals surface area contributed by atoms with Crippen molar-refractivity contribution in [3.63, 3.8) is 0 Å². The van der Waals surface area contributed by atoms with Crippen LogP contribution in [0.15, 0.2) is 158 Å². The quantitative estimate of drug-likeness (QED) is 0.171. The number of fused-ring (bicyclic) bond motifs is 1. The highest BCUT2D eigenvalue weighted by Gasteiger charge is 2.16. The van der Waals surface area contributed by atoms with Crippen molar-refractivity contribution in [2.45, 2.75) is 0 Å². The normalized spacial score (nSPS) is 10.8. The largest absolute Gasteiger partial charge is 1.00 e. The minimum Gasteiger partial charge on any atom is -1.00 e. The number of pyridine rings is 2. The number of anilines is 3. The van der Waals surface area contributed by atoms with Gasteiger partial charge in [0, 0.05) is 34.9 Å². The van der Waals surface area contributed by atoms with Gasteiger partial charge in [-0.05, 0) is 65.7 Å². The molecule has 0 unspecified atom stereocenters. The van der Waals surface area contributed by atoms with E-state index in [9.17, 15) is 0 Å². The molecule has 0 atom stereocenters. The monoisotopic (exact) mass is 656 g/mol. The number of benzene rings is 4. The minimum absolute atomic E-state index is 0. The second-order valence-corrected chi connectivity index (χ2v) is 10.1. The van der Waals surface area contributed by atoms with Crippen molar-refractivity contribution in [2.24, 2.45) is 7.05 Å². The number of aromatic nitrogens is 3. The molecule has 7 aromatic rings. The van der Waals surface area contributed by atoms with E-state index in [-0.39, 0.29) is 24.0 Å². The van der Waals surface area contributed by atoms with Gasteiger partial charge in [0.1, 0.15) is 18.6 Å². The van der Waals surface area contributed by atoms with Crippen LogP contribution in [0.1, 0.15) is 0 Å². The Bertz CT molecular complexity index is 1890. The van der Waals surface area contributed by atoms with Crippen LogP contribution in [0.25, 0.3) is 39.3 Å². The van der Waals surface area contributed by atoms with Gasteiger partial charge in [0.2, 0.25) is 0 Å². The lowest BCUT2D eigenvalue weighted by Crippen LogP contribution is -3.00. The summed E-state index contributed by atoms with van der Waals surface area (Å²) in [6.45, 7) is 0. The Kier molecular flexibility index (Phi) is 7.84. The minimum atomic E-state index is 0. The molecule has 3 aromatic heterocycles. The Balaban J connectivity index is 0.00000316. The predicted molar refractivity (Wildman–Crippen MR) is 167 cm³/mol. The molecule has 0 N–H and O–H groups in total. The second-order valence-electron chi connectivity index (χ2n) is 10.1. The molecule has 0 saturated heterocycles. The Labute approximate surface area is 263 Å². The molecule has 0 fully saturated rings. The number of nitrogens with zero attached hydrogens (tertiary/aromatic N) is 4. The van der Waals surface area contributed by atoms with Crippen LogP contribution in [-0.2, 0) is 7.05 Å². The summed E-state index contributed by atoms with van der Waals surface area (Å²) in [6.07, 6.45) is 6.24. The molecule has 0 bridgehead atoms. The molecule has 7 rings (SSSR count). The maximum Gasteiger partial charge on any atom is 0.178 e. The summed E-state index contributed by atoms with van der Waals surface area (Å²) in [6, 6.07) is 48.9. The average Bonchev–Trinajstić information content (AvgIpc) is 3.43. The highest BCUT2D eigenvalue weighted by molar-refractivity contribution is 5.82. The maximum atomic E-state index is 5.11. The predicted octanol–water partition coefficient (Wildman–Crippen LogP) is 5.63. The van der Waals surface area contributed by atoms with E-state index in [0.29, 0.717) is 0 Å². The molecule has 5 heteroatoms. The van der Waals surface area contributed by atoms with Crippen molar-refractivity contribution in [1.29, 1.82) is 0 Å². The zero-order chi connectivity index (χ0) is 27.6. The molecule has 4 nitrogen and oxygen atoms in total. The molecule has 42 heavy (non-hydrogen) atoms. The van der Waals surface area contributed by atoms with Gasteiger partial charge in [-0.25, -0.2) is 9.55 Å². The topological polar surface area (TPSA) is 24.4 Å². The van der Waals surface area contributed by atoms with Gasteiger partial charge in [0.05, 0.1) is 11.1 Å². The summed E-state index contributed by atoms with van der Waals surface area (Å²) < 4.78 is 4.23. The molecule has 0 aliphatic heterocycles. The summed E-state index contributed by atoms with van der Waals surface area (Å²) >= 11 is 0. The van der Waals surface area contributed by atoms with Gasteiger partial charge < -0.3 is 28.9 Å². The van der Waals surface area contributed by atoms with Gasteiger partial charge >= 0.3 is 0 Å². The Morgan fingerprint density at radius 3 is 1.71 bits per heavy atom. The van der Waals surface area contributed by atoms with Crippen LogP contribution >= 0.6 is 0 Å². The van der Waals surface area contributed by atoms with Crippen LogP contribution in [0.3, 0.4) is 0 Å². The molecule has 0 spiro atoms. The lowest BCUT2D eigenvalue weighted by Gasteiger charge is -2.25. The van der Waals surface area contributed by atoms with Gasteiger partial charge in [-0.15, -0.1) is 0 Å². The van der Waals surface area contributed by atoms with E-state index in [0.717, 1.165) is 45.2 Å². The zero-order valence-corrected chi connectivity index (χ0v) is 25.3. The molecule has 0 saturated carbocycles. The van der Waals surface area contributed by atoms with E-state index in [2.05, 4.69) is 154 Å². The number of imidazole rings is 1. The number of hydrogen-bond acceptors (Lipinski definition) is 2.